The fraction of sp³-hybridized carbons (Fsp3) is 0.318. The van der Waals surface area contributed by atoms with Gasteiger partial charge in [0.1, 0.15) is 12.3 Å². The molecule has 3 N–H and O–H groups in total. The van der Waals surface area contributed by atoms with Gasteiger partial charge in [-0.2, -0.15) is 0 Å². The van der Waals surface area contributed by atoms with E-state index in [9.17, 15) is 14.4 Å². The monoisotopic (exact) mass is 396 g/mol. The molecule has 0 aliphatic heterocycles. The summed E-state index contributed by atoms with van der Waals surface area (Å²) in [6, 6.07) is 14.0. The van der Waals surface area contributed by atoms with Crippen molar-refractivity contribution in [3.8, 4) is 5.75 Å². The lowest BCUT2D eigenvalue weighted by Gasteiger charge is -2.14. The predicted molar refractivity (Wildman–Crippen MR) is 108 cm³/mol. The first kappa shape index (κ1) is 20.4. The molecule has 29 heavy (non-hydrogen) atoms. The number of carboxylic acids is 1. The number of nitrogens with one attached hydrogen (secondary N) is 2. The van der Waals surface area contributed by atoms with Crippen LogP contribution >= 0.6 is 0 Å². The summed E-state index contributed by atoms with van der Waals surface area (Å²) in [5.41, 5.74) is 1.84. The lowest BCUT2D eigenvalue weighted by Crippen LogP contribution is -2.30. The van der Waals surface area contributed by atoms with E-state index in [4.69, 9.17) is 9.84 Å². The molecule has 0 radical (unpaired) electrons. The summed E-state index contributed by atoms with van der Waals surface area (Å²) in [6.45, 7) is -0.406. The Kier molecular flexibility index (Phi) is 6.84. The third-order valence-corrected chi connectivity index (χ3v) is 4.71. The van der Waals surface area contributed by atoms with Crippen molar-refractivity contribution < 1.29 is 24.2 Å². The second-order valence-corrected chi connectivity index (χ2v) is 7.05. The molecule has 0 atom stereocenters. The van der Waals surface area contributed by atoms with Gasteiger partial charge in [-0.05, 0) is 61.6 Å². The Bertz CT molecular complexity index is 873. The predicted octanol–water partition coefficient (Wildman–Crippen LogP) is 3.00. The molecular formula is C22H24N2O5. The summed E-state index contributed by atoms with van der Waals surface area (Å²) in [7, 11) is 0. The van der Waals surface area contributed by atoms with Gasteiger partial charge in [-0.1, -0.05) is 18.2 Å². The lowest BCUT2D eigenvalue weighted by atomic mass is 10.1. The molecular weight excluding hydrogens is 372 g/mol. The first-order chi connectivity index (χ1) is 14.0. The second kappa shape index (κ2) is 9.73. The lowest BCUT2D eigenvalue weighted by molar-refractivity contribution is -0.137. The van der Waals surface area contributed by atoms with Crippen LogP contribution in [0.3, 0.4) is 0 Å². The van der Waals surface area contributed by atoms with Crippen molar-refractivity contribution in [2.45, 2.75) is 38.2 Å². The number of carbonyl (C=O) groups excluding carboxylic acids is 2. The van der Waals surface area contributed by atoms with Gasteiger partial charge in [0, 0.05) is 11.3 Å². The van der Waals surface area contributed by atoms with Crippen LogP contribution in [0, 0.1) is 0 Å². The maximum Gasteiger partial charge on any atom is 0.322 e. The molecule has 1 aliphatic carbocycles. The molecule has 7 nitrogen and oxygen atoms in total. The molecule has 7 heteroatoms. The van der Waals surface area contributed by atoms with E-state index >= 15 is 0 Å². The molecule has 152 valence electrons. The standard InChI is InChI=1S/C22H24N2O5/c25-20(23-14-21(26)27)12-15-8-10-17(11-9-15)24-22(28)16-4-3-7-19(13-16)29-18-5-1-2-6-18/h3-4,7-11,13,18H,1-2,5-6,12,14H2,(H,23,25)(H,24,28)(H,26,27). The first-order valence-corrected chi connectivity index (χ1v) is 9.65. The Hall–Kier alpha value is -3.35. The van der Waals surface area contributed by atoms with Crippen LogP contribution in [0.15, 0.2) is 48.5 Å². The summed E-state index contributed by atoms with van der Waals surface area (Å²) >= 11 is 0. The van der Waals surface area contributed by atoms with Crippen LogP contribution < -0.4 is 15.4 Å². The maximum absolute atomic E-state index is 12.5. The number of anilines is 1. The number of hydrogen-bond donors (Lipinski definition) is 3. The van der Waals surface area contributed by atoms with E-state index < -0.39 is 12.5 Å². The Morgan fingerprint density at radius 3 is 2.45 bits per heavy atom. The van der Waals surface area contributed by atoms with Gasteiger partial charge < -0.3 is 20.5 Å². The van der Waals surface area contributed by atoms with Crippen molar-refractivity contribution in [2.75, 3.05) is 11.9 Å². The highest BCUT2D eigenvalue weighted by Crippen LogP contribution is 2.25. The van der Waals surface area contributed by atoms with Crippen molar-refractivity contribution in [3.05, 3.63) is 59.7 Å². The molecule has 1 fully saturated rings. The van der Waals surface area contributed by atoms with Crippen LogP contribution in [0.25, 0.3) is 0 Å². The minimum Gasteiger partial charge on any atom is -0.490 e. The quantitative estimate of drug-likeness (QED) is 0.636. The van der Waals surface area contributed by atoms with Gasteiger partial charge >= 0.3 is 5.97 Å². The summed E-state index contributed by atoms with van der Waals surface area (Å²) in [5, 5.41) is 13.7. The first-order valence-electron chi connectivity index (χ1n) is 9.65. The van der Waals surface area contributed by atoms with Gasteiger partial charge in [0.2, 0.25) is 5.91 Å². The van der Waals surface area contributed by atoms with Crippen LogP contribution in [0.2, 0.25) is 0 Å². The smallest absolute Gasteiger partial charge is 0.322 e. The van der Waals surface area contributed by atoms with Gasteiger partial charge in [-0.25, -0.2) is 0 Å². The van der Waals surface area contributed by atoms with Crippen molar-refractivity contribution in [1.82, 2.24) is 5.32 Å². The fourth-order valence-electron chi connectivity index (χ4n) is 3.24. The van der Waals surface area contributed by atoms with Crippen molar-refractivity contribution >= 4 is 23.5 Å². The molecule has 0 unspecified atom stereocenters. The van der Waals surface area contributed by atoms with E-state index in [2.05, 4.69) is 10.6 Å². The fourth-order valence-corrected chi connectivity index (χ4v) is 3.24. The zero-order valence-electron chi connectivity index (χ0n) is 16.0. The van der Waals surface area contributed by atoms with Crippen LogP contribution in [-0.2, 0) is 16.0 Å². The van der Waals surface area contributed by atoms with Gasteiger partial charge in [0.15, 0.2) is 0 Å². The molecule has 0 heterocycles. The highest BCUT2D eigenvalue weighted by Gasteiger charge is 2.17. The molecule has 0 spiro atoms. The molecule has 0 saturated heterocycles. The molecule has 1 aliphatic rings. The highest BCUT2D eigenvalue weighted by molar-refractivity contribution is 6.04. The molecule has 3 rings (SSSR count). The average molecular weight is 396 g/mol. The van der Waals surface area contributed by atoms with E-state index in [1.807, 2.05) is 6.07 Å². The summed E-state index contributed by atoms with van der Waals surface area (Å²) in [4.78, 5) is 34.7. The SMILES string of the molecule is O=C(O)CNC(=O)Cc1ccc(NC(=O)c2cccc(OC3CCCC3)c2)cc1. The molecule has 1 saturated carbocycles. The minimum absolute atomic E-state index is 0.0715. The largest absolute Gasteiger partial charge is 0.490 e. The van der Waals surface area contributed by atoms with Gasteiger partial charge in [-0.15, -0.1) is 0 Å². The van der Waals surface area contributed by atoms with Crippen LogP contribution in [0.1, 0.15) is 41.6 Å². The topological polar surface area (TPSA) is 105 Å². The summed E-state index contributed by atoms with van der Waals surface area (Å²) in [6.07, 6.45) is 4.77. The van der Waals surface area contributed by atoms with Gasteiger partial charge in [0.25, 0.3) is 5.91 Å². The number of rotatable bonds is 8. The Morgan fingerprint density at radius 2 is 1.76 bits per heavy atom. The van der Waals surface area contributed by atoms with Crippen molar-refractivity contribution in [3.63, 3.8) is 0 Å². The molecule has 0 aromatic heterocycles. The zero-order chi connectivity index (χ0) is 20.6. The minimum atomic E-state index is -1.09. The Labute approximate surface area is 169 Å². The number of hydrogen-bond acceptors (Lipinski definition) is 4. The number of carboxylic acid groups (broad SMARTS) is 1. The summed E-state index contributed by atoms with van der Waals surface area (Å²) < 4.78 is 5.95. The van der Waals surface area contributed by atoms with E-state index in [1.54, 1.807) is 42.5 Å². The summed E-state index contributed by atoms with van der Waals surface area (Å²) in [5.74, 6) is -1.00. The molecule has 2 aromatic rings. The number of amides is 2. The number of benzene rings is 2. The van der Waals surface area contributed by atoms with Crippen LogP contribution in [0.5, 0.6) is 5.75 Å². The van der Waals surface area contributed by atoms with E-state index in [1.165, 1.54) is 12.8 Å². The van der Waals surface area contributed by atoms with Crippen molar-refractivity contribution in [1.29, 1.82) is 0 Å². The molecule has 2 amide bonds. The van der Waals surface area contributed by atoms with Crippen LogP contribution in [-0.4, -0.2) is 35.5 Å². The molecule has 2 aromatic carbocycles. The van der Waals surface area contributed by atoms with E-state index in [-0.39, 0.29) is 24.3 Å². The number of ether oxygens (including phenoxy) is 1. The van der Waals surface area contributed by atoms with Gasteiger partial charge in [-0.3, -0.25) is 14.4 Å². The second-order valence-electron chi connectivity index (χ2n) is 7.05. The van der Waals surface area contributed by atoms with Gasteiger partial charge in [0.05, 0.1) is 12.5 Å². The third kappa shape index (κ3) is 6.34. The number of carbonyl (C=O) groups is 3. The van der Waals surface area contributed by atoms with Crippen molar-refractivity contribution in [2.24, 2.45) is 0 Å². The number of aliphatic carboxylic acids is 1. The van der Waals surface area contributed by atoms with E-state index in [0.717, 1.165) is 18.4 Å². The normalized spacial score (nSPS) is 13.7. The highest BCUT2D eigenvalue weighted by atomic mass is 16.5. The Morgan fingerprint density at radius 1 is 1.03 bits per heavy atom. The van der Waals surface area contributed by atoms with Crippen LogP contribution in [0.4, 0.5) is 5.69 Å². The molecule has 0 bridgehead atoms. The zero-order valence-corrected chi connectivity index (χ0v) is 16.0. The Balaban J connectivity index is 1.55. The maximum atomic E-state index is 12.5. The average Bonchev–Trinajstić information content (AvgIpc) is 3.21. The van der Waals surface area contributed by atoms with E-state index in [0.29, 0.717) is 17.0 Å². The third-order valence-electron chi connectivity index (χ3n) is 4.71.